The Labute approximate surface area is 132 Å². The van der Waals surface area contributed by atoms with E-state index in [-0.39, 0.29) is 12.1 Å². The summed E-state index contributed by atoms with van der Waals surface area (Å²) in [6.07, 6.45) is 8.01. The zero-order valence-electron chi connectivity index (χ0n) is 13.5. The zero-order valence-corrected chi connectivity index (χ0v) is 13.5. The zero-order chi connectivity index (χ0) is 15.4. The van der Waals surface area contributed by atoms with Gasteiger partial charge in [0, 0.05) is 20.1 Å². The molecule has 0 spiro atoms. The third kappa shape index (κ3) is 3.64. The lowest BCUT2D eigenvalue weighted by Gasteiger charge is -2.31. The Hall–Kier alpha value is -1.49. The number of furan rings is 1. The second kappa shape index (κ2) is 7.18. The lowest BCUT2D eigenvalue weighted by Crippen LogP contribution is -2.44. The molecule has 0 radical (unpaired) electrons. The van der Waals surface area contributed by atoms with Crippen molar-refractivity contribution < 1.29 is 9.21 Å². The summed E-state index contributed by atoms with van der Waals surface area (Å²) in [6.45, 7) is 3.65. The number of carbonyl (C=O) groups is 1. The molecular formula is C17H27N3O2. The smallest absolute Gasteiger partial charge is 0.317 e. The lowest BCUT2D eigenvalue weighted by molar-refractivity contribution is 0.172. The first-order valence-electron chi connectivity index (χ1n) is 8.50. The number of hydrogen-bond donors (Lipinski definition) is 1. The van der Waals surface area contributed by atoms with Gasteiger partial charge in [0.05, 0.1) is 12.3 Å². The van der Waals surface area contributed by atoms with Crippen LogP contribution < -0.4 is 5.32 Å². The van der Waals surface area contributed by atoms with Gasteiger partial charge in [-0.15, -0.1) is 0 Å². The van der Waals surface area contributed by atoms with Gasteiger partial charge in [0.25, 0.3) is 0 Å². The highest BCUT2D eigenvalue weighted by molar-refractivity contribution is 5.73. The largest absolute Gasteiger partial charge is 0.468 e. The van der Waals surface area contributed by atoms with Crippen LogP contribution in [0.1, 0.15) is 43.9 Å². The second-order valence-electron chi connectivity index (χ2n) is 6.64. The van der Waals surface area contributed by atoms with Gasteiger partial charge < -0.3 is 14.6 Å². The van der Waals surface area contributed by atoms with Crippen molar-refractivity contribution in [3.05, 3.63) is 24.2 Å². The van der Waals surface area contributed by atoms with Crippen LogP contribution >= 0.6 is 0 Å². The van der Waals surface area contributed by atoms with E-state index < -0.39 is 0 Å². The Kier molecular flexibility index (Phi) is 5.03. The number of hydrogen-bond acceptors (Lipinski definition) is 3. The minimum atomic E-state index is 0.0302. The van der Waals surface area contributed by atoms with Crippen molar-refractivity contribution in [2.24, 2.45) is 5.92 Å². The summed E-state index contributed by atoms with van der Waals surface area (Å²) in [5.74, 6) is 1.65. The van der Waals surface area contributed by atoms with Crippen LogP contribution in [0, 0.1) is 5.92 Å². The van der Waals surface area contributed by atoms with Gasteiger partial charge in [0.15, 0.2) is 0 Å². The monoisotopic (exact) mass is 305 g/mol. The van der Waals surface area contributed by atoms with Crippen molar-refractivity contribution in [1.29, 1.82) is 0 Å². The predicted molar refractivity (Wildman–Crippen MR) is 85.6 cm³/mol. The topological polar surface area (TPSA) is 48.7 Å². The molecule has 22 heavy (non-hydrogen) atoms. The maximum Gasteiger partial charge on any atom is 0.317 e. The first-order chi connectivity index (χ1) is 10.7. The fourth-order valence-corrected chi connectivity index (χ4v) is 3.41. The first-order valence-corrected chi connectivity index (χ1v) is 8.50. The van der Waals surface area contributed by atoms with Crippen molar-refractivity contribution in [2.45, 2.75) is 38.1 Å². The molecule has 1 atom stereocenters. The van der Waals surface area contributed by atoms with E-state index in [9.17, 15) is 4.79 Å². The van der Waals surface area contributed by atoms with Gasteiger partial charge in [-0.1, -0.05) is 6.42 Å². The lowest BCUT2D eigenvalue weighted by atomic mass is 9.85. The van der Waals surface area contributed by atoms with E-state index >= 15 is 0 Å². The number of nitrogens with zero attached hydrogens (tertiary/aromatic N) is 2. The highest BCUT2D eigenvalue weighted by atomic mass is 16.3. The average Bonchev–Trinajstić information content (AvgIpc) is 3.16. The average molecular weight is 305 g/mol. The van der Waals surface area contributed by atoms with Gasteiger partial charge >= 0.3 is 6.03 Å². The molecule has 3 rings (SSSR count). The molecule has 2 fully saturated rings. The number of nitrogens with one attached hydrogen (secondary N) is 1. The molecule has 0 bridgehead atoms. The molecular weight excluding hydrogens is 278 g/mol. The Morgan fingerprint density at radius 2 is 2.18 bits per heavy atom. The van der Waals surface area contributed by atoms with Crippen LogP contribution in [0.25, 0.3) is 0 Å². The van der Waals surface area contributed by atoms with Crippen molar-refractivity contribution >= 4 is 6.03 Å². The molecule has 5 nitrogen and oxygen atoms in total. The molecule has 1 N–H and O–H groups in total. The Bertz CT molecular complexity index is 464. The van der Waals surface area contributed by atoms with Crippen molar-refractivity contribution in [3.8, 4) is 0 Å². The maximum absolute atomic E-state index is 12.3. The summed E-state index contributed by atoms with van der Waals surface area (Å²) < 4.78 is 5.59. The predicted octanol–water partition coefficient (Wildman–Crippen LogP) is 2.86. The van der Waals surface area contributed by atoms with E-state index in [0.29, 0.717) is 12.5 Å². The normalized spacial score (nSPS) is 20.6. The van der Waals surface area contributed by atoms with E-state index in [1.807, 2.05) is 24.1 Å². The molecule has 2 aliphatic rings. The quantitative estimate of drug-likeness (QED) is 0.879. The number of urea groups is 1. The summed E-state index contributed by atoms with van der Waals surface area (Å²) in [4.78, 5) is 16.5. The molecule has 1 saturated carbocycles. The highest BCUT2D eigenvalue weighted by Crippen LogP contribution is 2.27. The summed E-state index contributed by atoms with van der Waals surface area (Å²) in [7, 11) is 1.89. The van der Waals surface area contributed by atoms with Crippen LogP contribution in [0.15, 0.2) is 22.8 Å². The summed E-state index contributed by atoms with van der Waals surface area (Å²) >= 11 is 0. The van der Waals surface area contributed by atoms with Gasteiger partial charge in [0.2, 0.25) is 0 Å². The van der Waals surface area contributed by atoms with Crippen LogP contribution in [-0.2, 0) is 0 Å². The number of likely N-dealkylation sites (tertiary alicyclic amines) is 1. The molecule has 5 heteroatoms. The molecule has 1 aliphatic heterocycles. The third-order valence-electron chi connectivity index (χ3n) is 5.00. The molecule has 1 unspecified atom stereocenters. The molecule has 1 aromatic rings. The van der Waals surface area contributed by atoms with Crippen LogP contribution in [0.5, 0.6) is 0 Å². The van der Waals surface area contributed by atoms with Gasteiger partial charge in [-0.05, 0) is 56.8 Å². The van der Waals surface area contributed by atoms with E-state index in [1.54, 1.807) is 6.26 Å². The van der Waals surface area contributed by atoms with Crippen LogP contribution in [0.4, 0.5) is 4.79 Å². The molecule has 122 valence electrons. The molecule has 1 aromatic heterocycles. The minimum Gasteiger partial charge on any atom is -0.468 e. The first kappa shape index (κ1) is 15.4. The Balaban J connectivity index is 1.52. The van der Waals surface area contributed by atoms with Gasteiger partial charge in [0.1, 0.15) is 5.76 Å². The van der Waals surface area contributed by atoms with Gasteiger partial charge in [-0.25, -0.2) is 4.79 Å². The highest BCUT2D eigenvalue weighted by Gasteiger charge is 2.27. The van der Waals surface area contributed by atoms with E-state index in [4.69, 9.17) is 4.42 Å². The van der Waals surface area contributed by atoms with Crippen molar-refractivity contribution in [1.82, 2.24) is 15.1 Å². The molecule has 0 aromatic carbocycles. The number of amides is 2. The maximum atomic E-state index is 12.3. The third-order valence-corrected chi connectivity index (χ3v) is 5.00. The van der Waals surface area contributed by atoms with Crippen molar-refractivity contribution in [2.75, 3.05) is 33.2 Å². The van der Waals surface area contributed by atoms with E-state index in [1.165, 1.54) is 32.1 Å². The summed E-state index contributed by atoms with van der Waals surface area (Å²) in [5.41, 5.74) is 0. The Morgan fingerprint density at radius 1 is 1.41 bits per heavy atom. The molecule has 1 saturated heterocycles. The standard InChI is InChI=1S/C17H27N3O2/c1-19(13-14-6-4-7-14)17(21)18-12-15(16-8-5-11-22-16)20-9-2-3-10-20/h5,8,11,14-15H,2-4,6-7,9-10,12-13H2,1H3,(H,18,21). The fourth-order valence-electron chi connectivity index (χ4n) is 3.41. The van der Waals surface area contributed by atoms with Crippen molar-refractivity contribution in [3.63, 3.8) is 0 Å². The van der Waals surface area contributed by atoms with E-state index in [0.717, 1.165) is 25.4 Å². The second-order valence-corrected chi connectivity index (χ2v) is 6.64. The van der Waals surface area contributed by atoms with Crippen LogP contribution in [0.3, 0.4) is 0 Å². The molecule has 2 amide bonds. The van der Waals surface area contributed by atoms with Crippen LogP contribution in [0.2, 0.25) is 0 Å². The molecule has 2 heterocycles. The molecule has 1 aliphatic carbocycles. The van der Waals surface area contributed by atoms with Gasteiger partial charge in [-0.3, -0.25) is 4.90 Å². The summed E-state index contributed by atoms with van der Waals surface area (Å²) in [5, 5.41) is 3.09. The van der Waals surface area contributed by atoms with E-state index in [2.05, 4.69) is 10.2 Å². The van der Waals surface area contributed by atoms with Crippen LogP contribution in [-0.4, -0.2) is 49.1 Å². The summed E-state index contributed by atoms with van der Waals surface area (Å²) in [6, 6.07) is 4.11. The minimum absolute atomic E-state index is 0.0302. The Morgan fingerprint density at radius 3 is 2.77 bits per heavy atom. The number of carbonyl (C=O) groups excluding carboxylic acids is 1. The number of rotatable bonds is 6. The van der Waals surface area contributed by atoms with Gasteiger partial charge in [-0.2, -0.15) is 0 Å². The SMILES string of the molecule is CN(CC1CCC1)C(=O)NCC(c1ccco1)N1CCCC1. The fraction of sp³-hybridized carbons (Fsp3) is 0.706.